The van der Waals surface area contributed by atoms with Gasteiger partial charge in [-0.1, -0.05) is 31.5 Å². The maximum atomic E-state index is 12.2. The Balaban J connectivity index is 2.01. The Hall–Kier alpha value is -1.43. The van der Waals surface area contributed by atoms with Crippen LogP contribution in [0.3, 0.4) is 0 Å². The molecule has 0 aliphatic heterocycles. The van der Waals surface area contributed by atoms with Crippen LogP contribution in [-0.2, 0) is 4.79 Å². The number of hydrogen-bond donors (Lipinski definition) is 2. The molecule has 104 valence electrons. The van der Waals surface area contributed by atoms with Gasteiger partial charge in [-0.15, -0.1) is 0 Å². The number of amides is 1. The summed E-state index contributed by atoms with van der Waals surface area (Å²) in [6.45, 7) is 1.83. The maximum absolute atomic E-state index is 12.2. The number of carbonyl (C=O) groups excluding carboxylic acids is 1. The van der Waals surface area contributed by atoms with Crippen LogP contribution in [0.2, 0.25) is 0 Å². The first-order valence-electron chi connectivity index (χ1n) is 6.72. The van der Waals surface area contributed by atoms with Crippen LogP contribution >= 0.6 is 12.2 Å². The van der Waals surface area contributed by atoms with Crippen LogP contribution in [-0.4, -0.2) is 26.5 Å². The van der Waals surface area contributed by atoms with Gasteiger partial charge in [-0.3, -0.25) is 4.79 Å². The molecule has 0 bridgehead atoms. The summed E-state index contributed by atoms with van der Waals surface area (Å²) in [4.78, 5) is 16.5. The standard InChI is InChI=1S/C13H20N4OS/c1-9(17-8-7-15-12(17)11(14)19)13(18)16-10-5-3-2-4-6-10/h7-10H,2-6H2,1H3,(H2,14,19)(H,16,18). The molecule has 0 radical (unpaired) electrons. The lowest BCUT2D eigenvalue weighted by Gasteiger charge is -2.25. The van der Waals surface area contributed by atoms with E-state index in [1.165, 1.54) is 19.3 Å². The van der Waals surface area contributed by atoms with Gasteiger partial charge in [0, 0.05) is 18.4 Å². The van der Waals surface area contributed by atoms with E-state index in [1.807, 2.05) is 6.92 Å². The number of hydrogen-bond acceptors (Lipinski definition) is 3. The van der Waals surface area contributed by atoms with E-state index in [4.69, 9.17) is 18.0 Å². The molecule has 3 N–H and O–H groups in total. The van der Waals surface area contributed by atoms with Gasteiger partial charge in [0.15, 0.2) is 5.82 Å². The monoisotopic (exact) mass is 280 g/mol. The van der Waals surface area contributed by atoms with Crippen molar-refractivity contribution in [1.82, 2.24) is 14.9 Å². The zero-order valence-electron chi connectivity index (χ0n) is 11.1. The Morgan fingerprint density at radius 2 is 2.21 bits per heavy atom. The quantitative estimate of drug-likeness (QED) is 0.820. The topological polar surface area (TPSA) is 72.9 Å². The number of nitrogens with one attached hydrogen (secondary N) is 1. The highest BCUT2D eigenvalue weighted by molar-refractivity contribution is 7.80. The molecule has 0 saturated heterocycles. The minimum absolute atomic E-state index is 0.00222. The first-order valence-corrected chi connectivity index (χ1v) is 7.13. The summed E-state index contributed by atoms with van der Waals surface area (Å²) in [7, 11) is 0. The lowest BCUT2D eigenvalue weighted by Crippen LogP contribution is -2.40. The molecule has 0 aromatic carbocycles. The van der Waals surface area contributed by atoms with E-state index in [0.717, 1.165) is 12.8 Å². The number of nitrogens with zero attached hydrogens (tertiary/aromatic N) is 2. The normalized spacial score (nSPS) is 17.9. The van der Waals surface area contributed by atoms with Gasteiger partial charge >= 0.3 is 0 Å². The minimum atomic E-state index is -0.346. The second-order valence-corrected chi connectivity index (χ2v) is 5.48. The second kappa shape index (κ2) is 6.14. The van der Waals surface area contributed by atoms with Crippen molar-refractivity contribution in [2.24, 2.45) is 5.73 Å². The Kier molecular flexibility index (Phi) is 4.52. The Labute approximate surface area is 118 Å². The molecule has 1 aliphatic rings. The van der Waals surface area contributed by atoms with E-state index in [2.05, 4.69) is 10.3 Å². The number of rotatable bonds is 4. The van der Waals surface area contributed by atoms with Crippen LogP contribution in [0.5, 0.6) is 0 Å². The Morgan fingerprint density at radius 1 is 1.53 bits per heavy atom. The van der Waals surface area contributed by atoms with Crippen LogP contribution < -0.4 is 11.1 Å². The average molecular weight is 280 g/mol. The van der Waals surface area contributed by atoms with E-state index in [0.29, 0.717) is 11.9 Å². The Morgan fingerprint density at radius 3 is 2.84 bits per heavy atom. The lowest BCUT2D eigenvalue weighted by atomic mass is 9.95. The van der Waals surface area contributed by atoms with Crippen LogP contribution in [0.25, 0.3) is 0 Å². The third-order valence-corrected chi connectivity index (χ3v) is 3.82. The highest BCUT2D eigenvalue weighted by Crippen LogP contribution is 2.18. The molecule has 2 rings (SSSR count). The fourth-order valence-corrected chi connectivity index (χ4v) is 2.67. The summed E-state index contributed by atoms with van der Waals surface area (Å²) >= 11 is 4.93. The summed E-state index contributed by atoms with van der Waals surface area (Å²) in [5.74, 6) is 0.490. The highest BCUT2D eigenvalue weighted by Gasteiger charge is 2.22. The number of thiocarbonyl (C=S) groups is 1. The molecule has 5 nitrogen and oxygen atoms in total. The third kappa shape index (κ3) is 3.32. The molecule has 1 unspecified atom stereocenters. The van der Waals surface area contributed by atoms with E-state index >= 15 is 0 Å². The van der Waals surface area contributed by atoms with Crippen molar-refractivity contribution >= 4 is 23.1 Å². The van der Waals surface area contributed by atoms with Gasteiger partial charge < -0.3 is 15.6 Å². The largest absolute Gasteiger partial charge is 0.387 e. The number of imidazole rings is 1. The van der Waals surface area contributed by atoms with Gasteiger partial charge in [0.25, 0.3) is 0 Å². The zero-order chi connectivity index (χ0) is 13.8. The summed E-state index contributed by atoms with van der Waals surface area (Å²) in [6.07, 6.45) is 9.16. The van der Waals surface area contributed by atoms with Crippen LogP contribution in [0, 0.1) is 0 Å². The molecule has 1 saturated carbocycles. The van der Waals surface area contributed by atoms with Crippen LogP contribution in [0.4, 0.5) is 0 Å². The van der Waals surface area contributed by atoms with Gasteiger partial charge in [0.2, 0.25) is 5.91 Å². The summed E-state index contributed by atoms with van der Waals surface area (Å²) in [5.41, 5.74) is 5.60. The molecule has 19 heavy (non-hydrogen) atoms. The maximum Gasteiger partial charge on any atom is 0.243 e. The second-order valence-electron chi connectivity index (χ2n) is 5.04. The van der Waals surface area contributed by atoms with Crippen LogP contribution in [0.1, 0.15) is 50.9 Å². The van der Waals surface area contributed by atoms with Crippen molar-refractivity contribution in [2.75, 3.05) is 0 Å². The zero-order valence-corrected chi connectivity index (χ0v) is 11.9. The molecular formula is C13H20N4OS. The van der Waals surface area contributed by atoms with Gasteiger partial charge in [0.1, 0.15) is 11.0 Å². The fourth-order valence-electron chi connectivity index (χ4n) is 2.51. The molecule has 1 fully saturated rings. The molecule has 1 heterocycles. The van der Waals surface area contributed by atoms with Crippen molar-refractivity contribution in [3.8, 4) is 0 Å². The van der Waals surface area contributed by atoms with Gasteiger partial charge in [0.05, 0.1) is 0 Å². The van der Waals surface area contributed by atoms with Crippen molar-refractivity contribution in [3.05, 3.63) is 18.2 Å². The number of carbonyl (C=O) groups is 1. The first kappa shape index (κ1) is 14.0. The van der Waals surface area contributed by atoms with Crippen LogP contribution in [0.15, 0.2) is 12.4 Å². The van der Waals surface area contributed by atoms with Gasteiger partial charge in [-0.2, -0.15) is 0 Å². The van der Waals surface area contributed by atoms with Crippen molar-refractivity contribution in [1.29, 1.82) is 0 Å². The third-order valence-electron chi connectivity index (χ3n) is 3.64. The predicted molar refractivity (Wildman–Crippen MR) is 77.8 cm³/mol. The molecule has 6 heteroatoms. The molecule has 1 aromatic heterocycles. The Bertz CT molecular complexity index is 465. The predicted octanol–water partition coefficient (Wildman–Crippen LogP) is 1.53. The SMILES string of the molecule is CC(C(=O)NC1CCCCC1)n1ccnc1C(N)=S. The minimum Gasteiger partial charge on any atom is -0.387 e. The van der Waals surface area contributed by atoms with E-state index in [1.54, 1.807) is 17.0 Å². The van der Waals surface area contributed by atoms with Crippen molar-refractivity contribution < 1.29 is 4.79 Å². The van der Waals surface area contributed by atoms with Crippen molar-refractivity contribution in [3.63, 3.8) is 0 Å². The van der Waals surface area contributed by atoms with E-state index in [-0.39, 0.29) is 16.9 Å². The lowest BCUT2D eigenvalue weighted by molar-refractivity contribution is -0.124. The van der Waals surface area contributed by atoms with E-state index < -0.39 is 0 Å². The average Bonchev–Trinajstić information content (AvgIpc) is 2.88. The molecule has 1 amide bonds. The number of aromatic nitrogens is 2. The molecular weight excluding hydrogens is 260 g/mol. The summed E-state index contributed by atoms with van der Waals surface area (Å²) < 4.78 is 1.72. The smallest absolute Gasteiger partial charge is 0.243 e. The number of nitrogens with two attached hydrogens (primary N) is 1. The highest BCUT2D eigenvalue weighted by atomic mass is 32.1. The fraction of sp³-hybridized carbons (Fsp3) is 0.615. The molecule has 1 aromatic rings. The van der Waals surface area contributed by atoms with Crippen molar-refractivity contribution in [2.45, 2.75) is 51.1 Å². The first-order chi connectivity index (χ1) is 9.09. The summed E-state index contributed by atoms with van der Waals surface area (Å²) in [5, 5.41) is 3.10. The molecule has 0 spiro atoms. The van der Waals surface area contributed by atoms with Gasteiger partial charge in [-0.05, 0) is 19.8 Å². The van der Waals surface area contributed by atoms with E-state index in [9.17, 15) is 4.79 Å². The molecule has 1 atom stereocenters. The summed E-state index contributed by atoms with van der Waals surface area (Å²) in [6, 6.07) is -0.0403. The molecule has 1 aliphatic carbocycles. The van der Waals surface area contributed by atoms with Gasteiger partial charge in [-0.25, -0.2) is 4.98 Å².